The topological polar surface area (TPSA) is 96.0 Å². The second-order valence-electron chi connectivity index (χ2n) is 5.50. The van der Waals surface area contributed by atoms with Crippen LogP contribution in [0.5, 0.6) is 0 Å². The van der Waals surface area contributed by atoms with Gasteiger partial charge in [-0.25, -0.2) is 17.8 Å². The number of sulfonamides is 1. The highest BCUT2D eigenvalue weighted by Crippen LogP contribution is 2.13. The summed E-state index contributed by atoms with van der Waals surface area (Å²) in [5.74, 6) is 0. The summed E-state index contributed by atoms with van der Waals surface area (Å²) < 4.78 is 27.1. The Morgan fingerprint density at radius 2 is 1.73 bits per heavy atom. The van der Waals surface area contributed by atoms with Gasteiger partial charge in [0.1, 0.15) is 0 Å². The quantitative estimate of drug-likeness (QED) is 0.603. The van der Waals surface area contributed by atoms with Crippen molar-refractivity contribution in [3.8, 4) is 5.69 Å². The first kappa shape index (κ1) is 17.7. The van der Waals surface area contributed by atoms with Gasteiger partial charge in [-0.3, -0.25) is 9.89 Å². The van der Waals surface area contributed by atoms with Crippen molar-refractivity contribution >= 4 is 28.5 Å². The Bertz CT molecular complexity index is 1180. The van der Waals surface area contributed by atoms with Crippen molar-refractivity contribution in [2.45, 2.75) is 4.90 Å². The minimum atomic E-state index is -3.48. The van der Waals surface area contributed by atoms with E-state index in [0.29, 0.717) is 21.9 Å². The Morgan fingerprint density at radius 1 is 1.08 bits per heavy atom. The third-order valence-electron chi connectivity index (χ3n) is 3.84. The molecule has 0 aliphatic rings. The molecule has 0 bridgehead atoms. The van der Waals surface area contributed by atoms with Crippen molar-refractivity contribution in [2.24, 2.45) is 0 Å². The van der Waals surface area contributed by atoms with Gasteiger partial charge in [0.15, 0.2) is 0 Å². The standard InChI is InChI=1S/C18H18N4O3S/c1-13-17(18(23)22(21-13)15-6-4-3-5-7-15)12-20-14-8-10-16(11-9-14)26(24,25)19-2/h3-12,19-21H,1H2,2H3/b17-12-. The fraction of sp³-hybridized carbons (Fsp3) is 0.0556. The number of para-hydroxylation sites is 1. The molecule has 26 heavy (non-hydrogen) atoms. The molecule has 3 rings (SSSR count). The summed E-state index contributed by atoms with van der Waals surface area (Å²) >= 11 is 0. The van der Waals surface area contributed by atoms with Gasteiger partial charge in [0.2, 0.25) is 10.0 Å². The van der Waals surface area contributed by atoms with Gasteiger partial charge >= 0.3 is 0 Å². The zero-order valence-corrected chi connectivity index (χ0v) is 14.9. The molecule has 1 aromatic heterocycles. The number of aromatic nitrogens is 2. The first-order valence-corrected chi connectivity index (χ1v) is 9.26. The third-order valence-corrected chi connectivity index (χ3v) is 5.27. The highest BCUT2D eigenvalue weighted by Gasteiger charge is 2.10. The molecule has 134 valence electrons. The van der Waals surface area contributed by atoms with Crippen LogP contribution in [0.25, 0.3) is 18.5 Å². The van der Waals surface area contributed by atoms with E-state index in [4.69, 9.17) is 0 Å². The zero-order chi connectivity index (χ0) is 18.7. The first-order valence-electron chi connectivity index (χ1n) is 7.78. The number of benzene rings is 2. The highest BCUT2D eigenvalue weighted by atomic mass is 32.2. The summed E-state index contributed by atoms with van der Waals surface area (Å²) in [5.41, 5.74) is 1.12. The van der Waals surface area contributed by atoms with E-state index >= 15 is 0 Å². The van der Waals surface area contributed by atoms with Gasteiger partial charge in [-0.1, -0.05) is 24.8 Å². The molecule has 0 spiro atoms. The minimum Gasteiger partial charge on any atom is -0.361 e. The number of rotatable bonds is 5. The summed E-state index contributed by atoms with van der Waals surface area (Å²) in [5, 5.41) is 6.79. The Hall–Kier alpha value is -3.10. The van der Waals surface area contributed by atoms with Crippen LogP contribution in [0.15, 0.2) is 64.3 Å². The van der Waals surface area contributed by atoms with E-state index in [1.165, 1.54) is 23.9 Å². The van der Waals surface area contributed by atoms with E-state index in [-0.39, 0.29) is 10.5 Å². The lowest BCUT2D eigenvalue weighted by atomic mass is 10.3. The average molecular weight is 370 g/mol. The lowest BCUT2D eigenvalue weighted by molar-refractivity contribution is 0.588. The van der Waals surface area contributed by atoms with Gasteiger partial charge < -0.3 is 5.32 Å². The van der Waals surface area contributed by atoms with Crippen molar-refractivity contribution in [1.82, 2.24) is 14.5 Å². The fourth-order valence-corrected chi connectivity index (χ4v) is 3.14. The zero-order valence-electron chi connectivity index (χ0n) is 14.1. The van der Waals surface area contributed by atoms with Crippen LogP contribution in [0.3, 0.4) is 0 Å². The second kappa shape index (κ2) is 7.03. The maximum Gasteiger partial charge on any atom is 0.280 e. The monoisotopic (exact) mass is 370 g/mol. The SMILES string of the molecule is C=c1[nH]n(-c2ccccc2)c(=O)/c1=C\Nc1ccc(S(=O)(=O)NC)cc1. The molecule has 3 N–H and O–H groups in total. The predicted octanol–water partition coefficient (Wildman–Crippen LogP) is 0.334. The van der Waals surface area contributed by atoms with Crippen LogP contribution >= 0.6 is 0 Å². The molecule has 0 fully saturated rings. The van der Waals surface area contributed by atoms with Crippen molar-refractivity contribution in [3.63, 3.8) is 0 Å². The number of anilines is 1. The summed E-state index contributed by atoms with van der Waals surface area (Å²) in [6, 6.07) is 15.4. The summed E-state index contributed by atoms with van der Waals surface area (Å²) in [7, 11) is -2.12. The van der Waals surface area contributed by atoms with Crippen molar-refractivity contribution < 1.29 is 8.42 Å². The number of aromatic amines is 1. The molecule has 0 unspecified atom stereocenters. The molecule has 3 aromatic rings. The maximum atomic E-state index is 12.6. The molecule has 0 atom stereocenters. The average Bonchev–Trinajstić information content (AvgIpc) is 2.95. The Kier molecular flexibility index (Phi) is 4.79. The van der Waals surface area contributed by atoms with Crippen LogP contribution in [-0.2, 0) is 10.0 Å². The smallest absolute Gasteiger partial charge is 0.280 e. The largest absolute Gasteiger partial charge is 0.361 e. The predicted molar refractivity (Wildman–Crippen MR) is 102 cm³/mol. The number of nitrogens with zero attached hydrogens (tertiary/aromatic N) is 1. The molecule has 0 saturated heterocycles. The fourth-order valence-electron chi connectivity index (χ4n) is 2.41. The molecule has 0 aliphatic heterocycles. The van der Waals surface area contributed by atoms with Crippen LogP contribution < -0.4 is 26.2 Å². The van der Waals surface area contributed by atoms with Crippen LogP contribution in [0, 0.1) is 0 Å². The molecule has 8 heteroatoms. The lowest BCUT2D eigenvalue weighted by Gasteiger charge is -2.04. The van der Waals surface area contributed by atoms with Crippen molar-refractivity contribution in [1.29, 1.82) is 0 Å². The van der Waals surface area contributed by atoms with Crippen LogP contribution in [0.4, 0.5) is 5.69 Å². The molecular formula is C18H18N4O3S. The highest BCUT2D eigenvalue weighted by molar-refractivity contribution is 7.89. The number of hydrogen-bond acceptors (Lipinski definition) is 4. The van der Waals surface area contributed by atoms with Crippen LogP contribution in [0.1, 0.15) is 0 Å². The third kappa shape index (κ3) is 3.46. The van der Waals surface area contributed by atoms with Crippen molar-refractivity contribution in [2.75, 3.05) is 12.4 Å². The Labute approximate surface area is 150 Å². The Morgan fingerprint density at radius 3 is 2.35 bits per heavy atom. The molecular weight excluding hydrogens is 352 g/mol. The van der Waals surface area contributed by atoms with Gasteiger partial charge in [0.05, 0.1) is 21.2 Å². The van der Waals surface area contributed by atoms with Gasteiger partial charge in [0, 0.05) is 11.9 Å². The van der Waals surface area contributed by atoms with Crippen LogP contribution in [0.2, 0.25) is 0 Å². The van der Waals surface area contributed by atoms with Crippen LogP contribution in [-0.4, -0.2) is 25.2 Å². The first-order chi connectivity index (χ1) is 12.4. The van der Waals surface area contributed by atoms with Gasteiger partial charge in [-0.15, -0.1) is 0 Å². The van der Waals surface area contributed by atoms with E-state index in [0.717, 1.165) is 0 Å². The summed E-state index contributed by atoms with van der Waals surface area (Å²) in [6.45, 7) is 3.86. The van der Waals surface area contributed by atoms with E-state index in [2.05, 4.69) is 21.7 Å². The number of H-pyrrole nitrogens is 1. The van der Waals surface area contributed by atoms with E-state index in [1.807, 2.05) is 30.3 Å². The van der Waals surface area contributed by atoms with Crippen molar-refractivity contribution in [3.05, 3.63) is 75.5 Å². The summed E-state index contributed by atoms with van der Waals surface area (Å²) in [4.78, 5) is 12.7. The lowest BCUT2D eigenvalue weighted by Crippen LogP contribution is -2.34. The molecule has 0 radical (unpaired) electrons. The van der Waals surface area contributed by atoms with Gasteiger partial charge in [0.25, 0.3) is 5.56 Å². The molecule has 1 heterocycles. The minimum absolute atomic E-state index is 0.163. The van der Waals surface area contributed by atoms with E-state index in [1.54, 1.807) is 18.3 Å². The Balaban J connectivity index is 1.92. The molecule has 0 amide bonds. The number of nitrogens with one attached hydrogen (secondary N) is 3. The molecule has 7 nitrogen and oxygen atoms in total. The van der Waals surface area contributed by atoms with Gasteiger partial charge in [-0.2, -0.15) is 0 Å². The normalized spacial score (nSPS) is 12.3. The second-order valence-corrected chi connectivity index (χ2v) is 7.39. The molecule has 0 aliphatic carbocycles. The van der Waals surface area contributed by atoms with Gasteiger partial charge in [-0.05, 0) is 43.4 Å². The molecule has 0 saturated carbocycles. The van der Waals surface area contributed by atoms with E-state index < -0.39 is 10.0 Å². The molecule has 2 aromatic carbocycles. The summed E-state index contributed by atoms with van der Waals surface area (Å²) in [6.07, 6.45) is 1.54. The maximum absolute atomic E-state index is 12.6. The number of hydrogen-bond donors (Lipinski definition) is 3. The van der Waals surface area contributed by atoms with E-state index in [9.17, 15) is 13.2 Å².